The van der Waals surface area contributed by atoms with Gasteiger partial charge in [-0.1, -0.05) is 12.2 Å². The van der Waals surface area contributed by atoms with Crippen LogP contribution in [0.1, 0.15) is 12.5 Å². The van der Waals surface area contributed by atoms with Gasteiger partial charge in [-0.05, 0) is 18.4 Å². The predicted octanol–water partition coefficient (Wildman–Crippen LogP) is -0.457. The van der Waals surface area contributed by atoms with Gasteiger partial charge in [0.1, 0.15) is 5.82 Å². The molecule has 0 unspecified atom stereocenters. The van der Waals surface area contributed by atoms with Crippen molar-refractivity contribution in [3.63, 3.8) is 0 Å². The Bertz CT molecular complexity index is 498. The normalized spacial score (nSPS) is 27.3. The zero-order valence-corrected chi connectivity index (χ0v) is 9.94. The lowest BCUT2D eigenvalue weighted by atomic mass is 9.82. The van der Waals surface area contributed by atoms with Crippen LogP contribution in [0.5, 0.6) is 0 Å². The lowest BCUT2D eigenvalue weighted by Gasteiger charge is -2.30. The number of aliphatic hydroxyl groups excluding tert-OH is 2. The number of aromatic nitrogens is 2. The van der Waals surface area contributed by atoms with Gasteiger partial charge in [0.15, 0.2) is 0 Å². The molecule has 0 fully saturated rings. The van der Waals surface area contributed by atoms with Gasteiger partial charge in [-0.25, -0.2) is 4.79 Å². The third-order valence-electron chi connectivity index (χ3n) is 3.38. The molecule has 1 aromatic heterocycles. The van der Waals surface area contributed by atoms with Crippen molar-refractivity contribution >= 4 is 5.82 Å². The Morgan fingerprint density at radius 3 is 2.78 bits per heavy atom. The summed E-state index contributed by atoms with van der Waals surface area (Å²) in [5.74, 6) is 0.0983. The van der Waals surface area contributed by atoms with Crippen LogP contribution in [0, 0.1) is 11.8 Å². The molecule has 0 saturated carbocycles. The van der Waals surface area contributed by atoms with Crippen LogP contribution in [0.2, 0.25) is 0 Å². The van der Waals surface area contributed by atoms with Crippen molar-refractivity contribution < 1.29 is 10.2 Å². The average Bonchev–Trinajstić information content (AvgIpc) is 2.38. The van der Waals surface area contributed by atoms with E-state index < -0.39 is 5.69 Å². The first-order valence-corrected chi connectivity index (χ1v) is 5.90. The van der Waals surface area contributed by atoms with Crippen molar-refractivity contribution in [1.82, 2.24) is 9.55 Å². The minimum atomic E-state index is -0.399. The summed E-state index contributed by atoms with van der Waals surface area (Å²) in [5.41, 5.74) is 5.04. The van der Waals surface area contributed by atoms with Gasteiger partial charge in [0.05, 0.1) is 6.04 Å². The monoisotopic (exact) mass is 251 g/mol. The lowest BCUT2D eigenvalue weighted by molar-refractivity contribution is 0.123. The van der Waals surface area contributed by atoms with E-state index in [1.807, 2.05) is 12.2 Å². The van der Waals surface area contributed by atoms with Gasteiger partial charge in [-0.2, -0.15) is 4.98 Å². The Kier molecular flexibility index (Phi) is 3.78. The number of aliphatic hydroxyl groups is 2. The Morgan fingerprint density at radius 2 is 2.17 bits per heavy atom. The summed E-state index contributed by atoms with van der Waals surface area (Å²) in [4.78, 5) is 15.4. The summed E-state index contributed by atoms with van der Waals surface area (Å²) in [6.07, 6.45) is 5.92. The fraction of sp³-hybridized carbons (Fsp3) is 0.500. The molecular formula is C12H17N3O3. The number of hydrogen-bond acceptors (Lipinski definition) is 5. The van der Waals surface area contributed by atoms with Crippen LogP contribution in [0.3, 0.4) is 0 Å². The molecule has 3 atom stereocenters. The second-order valence-electron chi connectivity index (χ2n) is 4.52. The highest BCUT2D eigenvalue weighted by Gasteiger charge is 2.26. The lowest BCUT2D eigenvalue weighted by Crippen LogP contribution is -2.32. The van der Waals surface area contributed by atoms with E-state index in [1.54, 1.807) is 12.3 Å². The standard InChI is InChI=1S/C12H17N3O3/c13-11-3-4-15(12(18)14-11)10-2-1-8(6-16)9(5-10)7-17/h1-4,8-10,16-17H,5-7H2,(H2,13,14,18)/t8-,9-,10+/m0/s1. The first-order chi connectivity index (χ1) is 8.65. The molecule has 6 nitrogen and oxygen atoms in total. The number of anilines is 1. The molecule has 0 aromatic carbocycles. The van der Waals surface area contributed by atoms with E-state index >= 15 is 0 Å². The van der Waals surface area contributed by atoms with Gasteiger partial charge in [-0.3, -0.25) is 4.57 Å². The highest BCUT2D eigenvalue weighted by Crippen LogP contribution is 2.30. The maximum atomic E-state index is 11.7. The van der Waals surface area contributed by atoms with Crippen LogP contribution >= 0.6 is 0 Å². The van der Waals surface area contributed by atoms with Crippen LogP contribution in [0.25, 0.3) is 0 Å². The van der Waals surface area contributed by atoms with Crippen molar-refractivity contribution in [3.05, 3.63) is 34.9 Å². The fourth-order valence-corrected chi connectivity index (χ4v) is 2.30. The Hall–Kier alpha value is -1.66. The molecule has 1 aliphatic rings. The van der Waals surface area contributed by atoms with Crippen LogP contribution < -0.4 is 11.4 Å². The molecule has 0 spiro atoms. The van der Waals surface area contributed by atoms with Crippen LogP contribution in [0.4, 0.5) is 5.82 Å². The van der Waals surface area contributed by atoms with Gasteiger partial charge in [0.2, 0.25) is 0 Å². The summed E-state index contributed by atoms with van der Waals surface area (Å²) in [7, 11) is 0. The third-order valence-corrected chi connectivity index (χ3v) is 3.38. The zero-order chi connectivity index (χ0) is 13.1. The number of nitrogens with zero attached hydrogens (tertiary/aromatic N) is 2. The highest BCUT2D eigenvalue weighted by atomic mass is 16.3. The SMILES string of the molecule is Nc1ccn([C@@H]2C=C[C@@H](CO)[C@H](CO)C2)c(=O)n1. The molecule has 1 heterocycles. The number of nitrogens with two attached hydrogens (primary N) is 1. The topological polar surface area (TPSA) is 101 Å². The molecule has 1 aliphatic carbocycles. The third kappa shape index (κ3) is 2.44. The fourth-order valence-electron chi connectivity index (χ4n) is 2.30. The van der Waals surface area contributed by atoms with Crippen molar-refractivity contribution in [3.8, 4) is 0 Å². The number of allylic oxidation sites excluding steroid dienone is 1. The number of nitrogen functional groups attached to an aromatic ring is 1. The Balaban J connectivity index is 2.27. The summed E-state index contributed by atoms with van der Waals surface area (Å²) in [5, 5.41) is 18.5. The first-order valence-electron chi connectivity index (χ1n) is 5.90. The van der Waals surface area contributed by atoms with Crippen molar-refractivity contribution in [2.75, 3.05) is 18.9 Å². The predicted molar refractivity (Wildman–Crippen MR) is 66.9 cm³/mol. The summed E-state index contributed by atoms with van der Waals surface area (Å²) < 4.78 is 1.49. The van der Waals surface area contributed by atoms with Crippen LogP contribution in [-0.4, -0.2) is 33.0 Å². The van der Waals surface area contributed by atoms with Crippen molar-refractivity contribution in [2.24, 2.45) is 11.8 Å². The average molecular weight is 251 g/mol. The van der Waals surface area contributed by atoms with E-state index in [0.717, 1.165) is 0 Å². The Labute approximate surface area is 104 Å². The summed E-state index contributed by atoms with van der Waals surface area (Å²) >= 11 is 0. The molecule has 0 bridgehead atoms. The second-order valence-corrected chi connectivity index (χ2v) is 4.52. The summed E-state index contributed by atoms with van der Waals surface area (Å²) in [6.45, 7) is -0.00739. The molecule has 1 aromatic rings. The first kappa shape index (κ1) is 12.8. The van der Waals surface area contributed by atoms with Crippen molar-refractivity contribution in [1.29, 1.82) is 0 Å². The van der Waals surface area contributed by atoms with E-state index in [0.29, 0.717) is 6.42 Å². The van der Waals surface area contributed by atoms with E-state index in [4.69, 9.17) is 5.73 Å². The molecule has 0 radical (unpaired) electrons. The van der Waals surface area contributed by atoms with Gasteiger partial charge in [-0.15, -0.1) is 0 Å². The van der Waals surface area contributed by atoms with E-state index in [-0.39, 0.29) is 36.9 Å². The molecular weight excluding hydrogens is 234 g/mol. The largest absolute Gasteiger partial charge is 0.396 e. The number of rotatable bonds is 3. The maximum Gasteiger partial charge on any atom is 0.350 e. The molecule has 0 amide bonds. The molecule has 0 saturated heterocycles. The molecule has 6 heteroatoms. The molecule has 2 rings (SSSR count). The van der Waals surface area contributed by atoms with Gasteiger partial charge in [0, 0.05) is 25.3 Å². The molecule has 0 aliphatic heterocycles. The summed E-state index contributed by atoms with van der Waals surface area (Å²) in [6, 6.07) is 1.42. The molecule has 18 heavy (non-hydrogen) atoms. The highest BCUT2D eigenvalue weighted by molar-refractivity contribution is 5.24. The van der Waals surface area contributed by atoms with E-state index in [1.165, 1.54) is 4.57 Å². The minimum Gasteiger partial charge on any atom is -0.396 e. The van der Waals surface area contributed by atoms with E-state index in [2.05, 4.69) is 4.98 Å². The van der Waals surface area contributed by atoms with Crippen LogP contribution in [0.15, 0.2) is 29.2 Å². The number of hydrogen-bond donors (Lipinski definition) is 3. The van der Waals surface area contributed by atoms with Gasteiger partial charge >= 0.3 is 5.69 Å². The minimum absolute atomic E-state index is 0.00331. The van der Waals surface area contributed by atoms with E-state index in [9.17, 15) is 15.0 Å². The quantitative estimate of drug-likeness (QED) is 0.631. The Morgan fingerprint density at radius 1 is 1.39 bits per heavy atom. The van der Waals surface area contributed by atoms with Crippen molar-refractivity contribution in [2.45, 2.75) is 12.5 Å². The smallest absolute Gasteiger partial charge is 0.350 e. The molecule has 4 N–H and O–H groups in total. The zero-order valence-electron chi connectivity index (χ0n) is 9.94. The molecule has 98 valence electrons. The van der Waals surface area contributed by atoms with Gasteiger partial charge < -0.3 is 15.9 Å². The second kappa shape index (κ2) is 5.32. The maximum absolute atomic E-state index is 11.7. The van der Waals surface area contributed by atoms with Crippen LogP contribution in [-0.2, 0) is 0 Å². The van der Waals surface area contributed by atoms with Gasteiger partial charge in [0.25, 0.3) is 0 Å².